The summed E-state index contributed by atoms with van der Waals surface area (Å²) in [4.78, 5) is 15.1. The Kier molecular flexibility index (Phi) is 3.73. The molecule has 1 saturated carbocycles. The number of hydrogen-bond acceptors (Lipinski definition) is 3. The van der Waals surface area contributed by atoms with E-state index in [1.165, 1.54) is 0 Å². The van der Waals surface area contributed by atoms with Gasteiger partial charge in [0.05, 0.1) is 11.6 Å². The lowest BCUT2D eigenvalue weighted by molar-refractivity contribution is 0.0673. The molecule has 0 unspecified atom stereocenters. The summed E-state index contributed by atoms with van der Waals surface area (Å²) < 4.78 is 1.76. The average molecular weight is 341 g/mol. The molecule has 24 heavy (non-hydrogen) atoms. The van der Waals surface area contributed by atoms with E-state index >= 15 is 0 Å². The second-order valence-corrected chi connectivity index (χ2v) is 6.56. The minimum Gasteiger partial charge on any atom is -0.329 e. The van der Waals surface area contributed by atoms with Crippen LogP contribution in [-0.2, 0) is 0 Å². The standard InChI is InChI=1S/C18H17ClN4O/c1-12(15-4-2-3-5-16(15)19)23(14-7-8-14)18(24)13-6-9-17-21-20-11-22(17)10-13/h2-6,9-12,14H,7-8H2,1H3/t12-/m1/s1. The Morgan fingerprint density at radius 3 is 2.83 bits per heavy atom. The quantitative estimate of drug-likeness (QED) is 0.726. The van der Waals surface area contributed by atoms with E-state index in [9.17, 15) is 4.79 Å². The zero-order valence-electron chi connectivity index (χ0n) is 13.3. The number of amides is 1. The SMILES string of the molecule is C[C@H](c1ccccc1Cl)N(C(=O)c1ccc2nncn2c1)C1CC1. The maximum absolute atomic E-state index is 13.1. The van der Waals surface area contributed by atoms with E-state index in [4.69, 9.17) is 11.6 Å². The molecule has 0 bridgehead atoms. The molecule has 0 radical (unpaired) electrons. The van der Waals surface area contributed by atoms with Crippen molar-refractivity contribution in [1.29, 1.82) is 0 Å². The van der Waals surface area contributed by atoms with E-state index in [1.54, 1.807) is 23.0 Å². The van der Waals surface area contributed by atoms with Crippen LogP contribution in [0, 0.1) is 0 Å². The monoisotopic (exact) mass is 340 g/mol. The molecule has 0 N–H and O–H groups in total. The first-order valence-corrected chi connectivity index (χ1v) is 8.39. The van der Waals surface area contributed by atoms with Crippen LogP contribution >= 0.6 is 11.6 Å². The number of rotatable bonds is 4. The molecule has 5 nitrogen and oxygen atoms in total. The largest absolute Gasteiger partial charge is 0.329 e. The van der Waals surface area contributed by atoms with Gasteiger partial charge in [-0.2, -0.15) is 0 Å². The van der Waals surface area contributed by atoms with Crippen molar-refractivity contribution in [1.82, 2.24) is 19.5 Å². The molecule has 122 valence electrons. The zero-order chi connectivity index (χ0) is 16.7. The molecule has 4 rings (SSSR count). The Bertz CT molecular complexity index is 903. The number of hydrogen-bond donors (Lipinski definition) is 0. The van der Waals surface area contributed by atoms with Gasteiger partial charge in [-0.15, -0.1) is 10.2 Å². The second-order valence-electron chi connectivity index (χ2n) is 6.16. The number of carbonyl (C=O) groups is 1. The van der Waals surface area contributed by atoms with Gasteiger partial charge in [-0.3, -0.25) is 9.20 Å². The van der Waals surface area contributed by atoms with Gasteiger partial charge < -0.3 is 4.90 Å². The third-order valence-electron chi connectivity index (χ3n) is 4.49. The fraction of sp³-hybridized carbons (Fsp3) is 0.278. The Balaban J connectivity index is 1.69. The van der Waals surface area contributed by atoms with E-state index in [2.05, 4.69) is 10.2 Å². The summed E-state index contributed by atoms with van der Waals surface area (Å²) >= 11 is 6.34. The second kappa shape index (κ2) is 5.91. The van der Waals surface area contributed by atoms with E-state index in [-0.39, 0.29) is 18.0 Å². The summed E-state index contributed by atoms with van der Waals surface area (Å²) in [7, 11) is 0. The van der Waals surface area contributed by atoms with Crippen LogP contribution in [0.4, 0.5) is 0 Å². The van der Waals surface area contributed by atoms with Crippen molar-refractivity contribution >= 4 is 23.2 Å². The van der Waals surface area contributed by atoms with Gasteiger partial charge in [0.1, 0.15) is 6.33 Å². The molecular formula is C18H17ClN4O. The summed E-state index contributed by atoms with van der Waals surface area (Å²) in [6.45, 7) is 2.04. The van der Waals surface area contributed by atoms with Crippen LogP contribution in [0.25, 0.3) is 5.65 Å². The molecule has 0 spiro atoms. The molecule has 3 aromatic rings. The fourth-order valence-corrected chi connectivity index (χ4v) is 3.37. The fourth-order valence-electron chi connectivity index (χ4n) is 3.08. The summed E-state index contributed by atoms with van der Waals surface area (Å²) in [5, 5.41) is 8.53. The third kappa shape index (κ3) is 2.65. The van der Waals surface area contributed by atoms with Crippen molar-refractivity contribution in [3.05, 3.63) is 65.1 Å². The first-order valence-electron chi connectivity index (χ1n) is 8.01. The van der Waals surface area contributed by atoms with Crippen molar-refractivity contribution < 1.29 is 4.79 Å². The number of benzene rings is 1. The number of aromatic nitrogens is 3. The maximum atomic E-state index is 13.1. The lowest BCUT2D eigenvalue weighted by Crippen LogP contribution is -2.35. The van der Waals surface area contributed by atoms with Gasteiger partial charge in [-0.1, -0.05) is 29.8 Å². The molecule has 1 aliphatic rings. The van der Waals surface area contributed by atoms with Gasteiger partial charge in [0.15, 0.2) is 5.65 Å². The Morgan fingerprint density at radius 1 is 1.29 bits per heavy atom. The highest BCUT2D eigenvalue weighted by Gasteiger charge is 2.37. The first-order chi connectivity index (χ1) is 11.6. The van der Waals surface area contributed by atoms with Crippen molar-refractivity contribution in [3.63, 3.8) is 0 Å². The van der Waals surface area contributed by atoms with Gasteiger partial charge in [-0.05, 0) is 43.5 Å². The lowest BCUT2D eigenvalue weighted by atomic mass is 10.1. The number of pyridine rings is 1. The van der Waals surface area contributed by atoms with Crippen LogP contribution in [0.1, 0.15) is 41.7 Å². The molecule has 1 fully saturated rings. The van der Waals surface area contributed by atoms with Crippen molar-refractivity contribution in [2.24, 2.45) is 0 Å². The number of nitrogens with zero attached hydrogens (tertiary/aromatic N) is 4. The van der Waals surface area contributed by atoms with Crippen molar-refractivity contribution in [2.75, 3.05) is 0 Å². The first kappa shape index (κ1) is 15.1. The number of halogens is 1. The van der Waals surface area contributed by atoms with Crippen LogP contribution in [-0.4, -0.2) is 31.4 Å². The molecule has 1 atom stereocenters. The van der Waals surface area contributed by atoms with Crippen LogP contribution in [0.2, 0.25) is 5.02 Å². The maximum Gasteiger partial charge on any atom is 0.256 e. The lowest BCUT2D eigenvalue weighted by Gasteiger charge is -2.30. The predicted octanol–water partition coefficient (Wildman–Crippen LogP) is 3.75. The van der Waals surface area contributed by atoms with Gasteiger partial charge in [0, 0.05) is 17.3 Å². The Labute approximate surface area is 144 Å². The summed E-state index contributed by atoms with van der Waals surface area (Å²) in [6, 6.07) is 11.5. The van der Waals surface area contributed by atoms with Crippen LogP contribution in [0.5, 0.6) is 0 Å². The van der Waals surface area contributed by atoms with Crippen LogP contribution in [0.15, 0.2) is 48.9 Å². The summed E-state index contributed by atoms with van der Waals surface area (Å²) in [5.41, 5.74) is 2.33. The average Bonchev–Trinajstić information content (AvgIpc) is 3.30. The zero-order valence-corrected chi connectivity index (χ0v) is 14.0. The molecule has 1 aromatic carbocycles. The smallest absolute Gasteiger partial charge is 0.256 e. The van der Waals surface area contributed by atoms with Gasteiger partial charge in [-0.25, -0.2) is 0 Å². The minimum atomic E-state index is -0.0738. The van der Waals surface area contributed by atoms with Crippen LogP contribution in [0.3, 0.4) is 0 Å². The van der Waals surface area contributed by atoms with E-state index < -0.39 is 0 Å². The molecule has 0 aliphatic heterocycles. The van der Waals surface area contributed by atoms with Gasteiger partial charge in [0.2, 0.25) is 0 Å². The Hall–Kier alpha value is -2.40. The topological polar surface area (TPSA) is 50.5 Å². The highest BCUT2D eigenvalue weighted by molar-refractivity contribution is 6.31. The normalized spacial score (nSPS) is 15.4. The molecule has 6 heteroatoms. The molecular weight excluding hydrogens is 324 g/mol. The minimum absolute atomic E-state index is 0.0144. The molecule has 1 aliphatic carbocycles. The van der Waals surface area contributed by atoms with Gasteiger partial charge in [0.25, 0.3) is 5.91 Å². The Morgan fingerprint density at radius 2 is 2.08 bits per heavy atom. The van der Waals surface area contributed by atoms with Gasteiger partial charge >= 0.3 is 0 Å². The predicted molar refractivity (Wildman–Crippen MR) is 92.0 cm³/mol. The molecule has 1 amide bonds. The number of fused-ring (bicyclic) bond motifs is 1. The molecule has 0 saturated heterocycles. The van der Waals surface area contributed by atoms with Crippen molar-refractivity contribution in [3.8, 4) is 0 Å². The van der Waals surface area contributed by atoms with E-state index in [0.717, 1.165) is 24.1 Å². The van der Waals surface area contributed by atoms with E-state index in [0.29, 0.717) is 10.6 Å². The third-order valence-corrected chi connectivity index (χ3v) is 4.83. The highest BCUT2D eigenvalue weighted by atomic mass is 35.5. The number of carbonyl (C=O) groups excluding carboxylic acids is 1. The molecule has 2 heterocycles. The van der Waals surface area contributed by atoms with Crippen LogP contribution < -0.4 is 0 Å². The van der Waals surface area contributed by atoms with E-state index in [1.807, 2.05) is 42.2 Å². The highest BCUT2D eigenvalue weighted by Crippen LogP contribution is 2.37. The summed E-state index contributed by atoms with van der Waals surface area (Å²) in [6.07, 6.45) is 5.46. The summed E-state index contributed by atoms with van der Waals surface area (Å²) in [5.74, 6) is 0.0144. The molecule has 2 aromatic heterocycles. The van der Waals surface area contributed by atoms with Crippen molar-refractivity contribution in [2.45, 2.75) is 31.8 Å².